The highest BCUT2D eigenvalue weighted by atomic mass is 16.5. The molecule has 0 bridgehead atoms. The number of rotatable bonds is 6. The van der Waals surface area contributed by atoms with Gasteiger partial charge < -0.3 is 50.7 Å². The molecule has 1 aliphatic heterocycles. The van der Waals surface area contributed by atoms with Gasteiger partial charge in [-0.05, 0) is 45.4 Å². The minimum absolute atomic E-state index is 0.237. The summed E-state index contributed by atoms with van der Waals surface area (Å²) in [5.41, 5.74) is -7.92. The van der Waals surface area contributed by atoms with Crippen molar-refractivity contribution in [3.8, 4) is 17.2 Å². The molecule has 9 N–H and O–H groups in total. The minimum atomic E-state index is -2.68. The smallest absolute Gasteiger partial charge is 0.339 e. The molecule has 38 heavy (non-hydrogen) atoms. The topological polar surface area (TPSA) is 243 Å². The third-order valence-electron chi connectivity index (χ3n) is 6.83. The number of ketones is 2. The Hall–Kier alpha value is -4.33. The summed E-state index contributed by atoms with van der Waals surface area (Å²) in [7, 11) is 0. The van der Waals surface area contributed by atoms with Crippen LogP contribution < -0.4 is 0 Å². The maximum atomic E-state index is 13.5. The van der Waals surface area contributed by atoms with Gasteiger partial charge in [-0.3, -0.25) is 9.59 Å². The monoisotopic (exact) mass is 534 g/mol. The summed E-state index contributed by atoms with van der Waals surface area (Å²) in [4.78, 5) is 38.5. The molecule has 2 aromatic rings. The third kappa shape index (κ3) is 3.79. The maximum absolute atomic E-state index is 13.5. The van der Waals surface area contributed by atoms with Gasteiger partial charge in [-0.2, -0.15) is 0 Å². The van der Waals surface area contributed by atoms with E-state index in [0.717, 1.165) is 26.0 Å². The number of ether oxygens (including phenoxy) is 1. The van der Waals surface area contributed by atoms with Crippen LogP contribution in [0.3, 0.4) is 0 Å². The van der Waals surface area contributed by atoms with Crippen LogP contribution in [0.5, 0.6) is 17.2 Å². The van der Waals surface area contributed by atoms with Crippen LogP contribution in [-0.2, 0) is 9.53 Å². The number of aliphatic hydroxyl groups excluding tert-OH is 3. The SMILES string of the molecule is C/C=C(\O)c1c(C(=O)C(=O)[C@H]2OC(CO)=C(O)C(C)(O)C2(C)O)c(O)c2cc(O)c(C(=O)O)c(C)c2c1O. The van der Waals surface area contributed by atoms with Crippen molar-refractivity contribution in [3.05, 3.63) is 45.9 Å². The van der Waals surface area contributed by atoms with Crippen LogP contribution in [0.25, 0.3) is 16.5 Å². The zero-order chi connectivity index (χ0) is 29.1. The Balaban J connectivity index is 2.37. The third-order valence-corrected chi connectivity index (χ3v) is 6.83. The van der Waals surface area contributed by atoms with Gasteiger partial charge >= 0.3 is 5.97 Å². The molecule has 13 heteroatoms. The van der Waals surface area contributed by atoms with Crippen molar-refractivity contribution in [2.24, 2.45) is 0 Å². The molecule has 1 heterocycles. The van der Waals surface area contributed by atoms with Crippen LogP contribution >= 0.6 is 0 Å². The second-order valence-corrected chi connectivity index (χ2v) is 9.09. The molecule has 3 rings (SSSR count). The number of fused-ring (bicyclic) bond motifs is 1. The van der Waals surface area contributed by atoms with Crippen molar-refractivity contribution in [3.63, 3.8) is 0 Å². The van der Waals surface area contributed by atoms with E-state index in [9.17, 15) is 60.3 Å². The van der Waals surface area contributed by atoms with Crippen LogP contribution in [0.4, 0.5) is 0 Å². The number of carboxylic acids is 1. The van der Waals surface area contributed by atoms with Crippen molar-refractivity contribution < 1.29 is 65.1 Å². The Kier molecular flexibility index (Phi) is 6.84. The van der Waals surface area contributed by atoms with Gasteiger partial charge in [0.1, 0.15) is 40.8 Å². The van der Waals surface area contributed by atoms with Crippen LogP contribution in [0.1, 0.15) is 52.6 Å². The molecule has 0 saturated heterocycles. The number of Topliss-reactive ketones (excluding diaryl/α,β-unsaturated/α-hetero) is 2. The lowest BCUT2D eigenvalue weighted by molar-refractivity contribution is -0.206. The molecular weight excluding hydrogens is 508 g/mol. The second-order valence-electron chi connectivity index (χ2n) is 9.09. The summed E-state index contributed by atoms with van der Waals surface area (Å²) in [6.07, 6.45) is -1.26. The van der Waals surface area contributed by atoms with Gasteiger partial charge in [-0.15, -0.1) is 0 Å². The molecule has 0 saturated carbocycles. The molecule has 0 spiro atoms. The van der Waals surface area contributed by atoms with Crippen LogP contribution in [0, 0.1) is 6.92 Å². The molecule has 2 unspecified atom stereocenters. The van der Waals surface area contributed by atoms with Gasteiger partial charge in [0.15, 0.2) is 23.2 Å². The van der Waals surface area contributed by atoms with E-state index in [1.165, 1.54) is 13.8 Å². The number of carboxylic acid groups (broad SMARTS) is 1. The molecule has 2 aromatic carbocycles. The predicted molar refractivity (Wildman–Crippen MR) is 129 cm³/mol. The van der Waals surface area contributed by atoms with E-state index in [1.54, 1.807) is 0 Å². The number of aryl methyl sites for hydroxylation is 1. The van der Waals surface area contributed by atoms with Gasteiger partial charge in [0, 0.05) is 10.8 Å². The maximum Gasteiger partial charge on any atom is 0.339 e. The molecule has 3 atom stereocenters. The molecule has 0 amide bonds. The van der Waals surface area contributed by atoms with Gasteiger partial charge in [0.2, 0.25) is 11.6 Å². The molecule has 0 radical (unpaired) electrons. The van der Waals surface area contributed by atoms with E-state index < -0.39 is 98.1 Å². The van der Waals surface area contributed by atoms with Crippen molar-refractivity contribution in [1.82, 2.24) is 0 Å². The lowest BCUT2D eigenvalue weighted by atomic mass is 9.75. The Morgan fingerprint density at radius 1 is 1.00 bits per heavy atom. The molecule has 13 nitrogen and oxygen atoms in total. The molecule has 0 aliphatic carbocycles. The average Bonchev–Trinajstić information content (AvgIpc) is 2.83. The van der Waals surface area contributed by atoms with E-state index in [0.29, 0.717) is 0 Å². The average molecular weight is 534 g/mol. The zero-order valence-electron chi connectivity index (χ0n) is 20.6. The normalized spacial score (nSPS) is 23.9. The summed E-state index contributed by atoms with van der Waals surface area (Å²) >= 11 is 0. The number of carbonyl (C=O) groups excluding carboxylic acids is 2. The molecular formula is C25H26O13. The zero-order valence-corrected chi connectivity index (χ0v) is 20.6. The number of allylic oxidation sites excluding steroid dienone is 1. The Morgan fingerprint density at radius 3 is 2.08 bits per heavy atom. The highest BCUT2D eigenvalue weighted by Gasteiger charge is 2.60. The standard InChI is InChI=1S/C25H26O13/c1-5-10(27)15-16(17(29)9-6-11(28)14(23(34)35)8(2)13(9)18(15)30)19(31)20(32)22-25(4,37)24(3,36)21(33)12(7-26)38-22/h5-6,22,26-30,33,36-37H,7H2,1-4H3,(H,34,35)/b10-5-/t22-,24?,25?/m1/s1. The van der Waals surface area contributed by atoms with Crippen molar-refractivity contribution in [2.45, 2.75) is 45.0 Å². The fourth-order valence-electron chi connectivity index (χ4n) is 4.42. The van der Waals surface area contributed by atoms with E-state index in [4.69, 9.17) is 4.74 Å². The number of hydrogen-bond acceptors (Lipinski definition) is 12. The molecule has 0 fully saturated rings. The van der Waals surface area contributed by atoms with E-state index >= 15 is 0 Å². The van der Waals surface area contributed by atoms with Crippen molar-refractivity contribution >= 4 is 34.1 Å². The summed E-state index contributed by atoms with van der Waals surface area (Å²) in [6.45, 7) is 3.20. The summed E-state index contributed by atoms with van der Waals surface area (Å²) in [5, 5.41) is 92.6. The van der Waals surface area contributed by atoms with E-state index in [-0.39, 0.29) is 10.9 Å². The first-order valence-corrected chi connectivity index (χ1v) is 11.0. The predicted octanol–water partition coefficient (Wildman–Crippen LogP) is 1.30. The van der Waals surface area contributed by atoms with Gasteiger partial charge in [0.05, 0.1) is 11.1 Å². The molecule has 0 aromatic heterocycles. The molecule has 204 valence electrons. The van der Waals surface area contributed by atoms with E-state index in [1.807, 2.05) is 0 Å². The number of aliphatic hydroxyl groups is 5. The second kappa shape index (κ2) is 9.20. The number of phenolic OH excluding ortho intramolecular Hbond substituents is 2. The van der Waals surface area contributed by atoms with E-state index in [2.05, 4.69) is 0 Å². The van der Waals surface area contributed by atoms with Crippen LogP contribution in [0.15, 0.2) is 23.7 Å². The number of aromatic hydroxyl groups is 3. The number of carbonyl (C=O) groups is 3. The Labute approximate surface area is 214 Å². The number of benzene rings is 2. The highest BCUT2D eigenvalue weighted by molar-refractivity contribution is 6.47. The number of aromatic carboxylic acids is 1. The Morgan fingerprint density at radius 2 is 1.58 bits per heavy atom. The summed E-state index contributed by atoms with van der Waals surface area (Å²) in [6, 6.07) is 0.737. The minimum Gasteiger partial charge on any atom is -0.508 e. The Bertz CT molecular complexity index is 1460. The van der Waals surface area contributed by atoms with Crippen molar-refractivity contribution in [2.75, 3.05) is 6.61 Å². The summed E-state index contributed by atoms with van der Waals surface area (Å²) < 4.78 is 5.14. The molecule has 1 aliphatic rings. The first-order chi connectivity index (χ1) is 17.5. The fourth-order valence-corrected chi connectivity index (χ4v) is 4.42. The summed E-state index contributed by atoms with van der Waals surface area (Å²) in [5.74, 6) is -10.2. The van der Waals surface area contributed by atoms with Crippen LogP contribution in [0.2, 0.25) is 0 Å². The fraction of sp³-hybridized carbons (Fsp3) is 0.320. The van der Waals surface area contributed by atoms with Gasteiger partial charge in [0.25, 0.3) is 0 Å². The first-order valence-electron chi connectivity index (χ1n) is 11.0. The lowest BCUT2D eigenvalue weighted by Crippen LogP contribution is -2.65. The highest BCUT2D eigenvalue weighted by Crippen LogP contribution is 2.47. The largest absolute Gasteiger partial charge is 0.508 e. The van der Waals surface area contributed by atoms with Gasteiger partial charge in [-0.1, -0.05) is 0 Å². The number of phenols is 3. The van der Waals surface area contributed by atoms with Crippen LogP contribution in [-0.4, -0.2) is 87.4 Å². The lowest BCUT2D eigenvalue weighted by Gasteiger charge is -2.46. The quantitative estimate of drug-likeness (QED) is 0.110. The number of hydrogen-bond donors (Lipinski definition) is 9. The van der Waals surface area contributed by atoms with Gasteiger partial charge in [-0.25, -0.2) is 4.79 Å². The van der Waals surface area contributed by atoms with Crippen molar-refractivity contribution in [1.29, 1.82) is 0 Å². The first kappa shape index (κ1) is 28.2.